The molecule has 0 atom stereocenters. The number of hydrogen-bond acceptors (Lipinski definition) is 1. The number of hydrogen-bond donors (Lipinski definition) is 1. The lowest BCUT2D eigenvalue weighted by Crippen LogP contribution is -2.24. The summed E-state index contributed by atoms with van der Waals surface area (Å²) in [7, 11) is 1.91. The molecule has 0 aliphatic heterocycles. The molecule has 0 radical (unpaired) electrons. The van der Waals surface area contributed by atoms with Gasteiger partial charge in [0.1, 0.15) is 0 Å². The van der Waals surface area contributed by atoms with Crippen LogP contribution in [-0.4, -0.2) is 17.8 Å². The number of rotatable bonds is 3. The zero-order chi connectivity index (χ0) is 10.6. The Morgan fingerprint density at radius 3 is 2.64 bits per heavy atom. The van der Waals surface area contributed by atoms with E-state index in [1.54, 1.807) is 0 Å². The molecule has 0 bridgehead atoms. The average molecular weight is 211 g/mol. The maximum atomic E-state index is 7.65. The molecule has 1 rings (SSSR count). The topological polar surface area (TPSA) is 27.1 Å². The highest BCUT2D eigenvalue weighted by Crippen LogP contribution is 2.16. The lowest BCUT2D eigenvalue weighted by molar-refractivity contribution is 0.487. The quantitative estimate of drug-likeness (QED) is 0.602. The van der Waals surface area contributed by atoms with Gasteiger partial charge in [-0.15, -0.1) is 0 Å². The van der Waals surface area contributed by atoms with Gasteiger partial charge in [0.25, 0.3) is 0 Å². The lowest BCUT2D eigenvalue weighted by atomic mass is 10.2. The molecule has 0 aromatic heterocycles. The van der Waals surface area contributed by atoms with Gasteiger partial charge in [-0.3, -0.25) is 5.41 Å². The van der Waals surface area contributed by atoms with Crippen LogP contribution in [0, 0.1) is 5.41 Å². The van der Waals surface area contributed by atoms with E-state index in [9.17, 15) is 0 Å². The van der Waals surface area contributed by atoms with E-state index in [4.69, 9.17) is 17.0 Å². The first kappa shape index (κ1) is 11.1. The molecule has 0 saturated carbocycles. The van der Waals surface area contributed by atoms with E-state index in [-0.39, 0.29) is 0 Å². The monoisotopic (exact) mass is 210 g/mol. The summed E-state index contributed by atoms with van der Waals surface area (Å²) >= 11 is 6.02. The van der Waals surface area contributed by atoms with Gasteiger partial charge in [0.15, 0.2) is 0 Å². The minimum absolute atomic E-state index is 0.630. The molecule has 0 amide bonds. The Labute approximate surface area is 90.0 Å². The SMILES string of the molecule is CCC(=N)N(C)Cc1ccccc1Cl. The van der Waals surface area contributed by atoms with Gasteiger partial charge in [-0.1, -0.05) is 36.7 Å². The van der Waals surface area contributed by atoms with Gasteiger partial charge >= 0.3 is 0 Å². The second-order valence-electron chi connectivity index (χ2n) is 3.25. The molecule has 3 heteroatoms. The Balaban J connectivity index is 2.69. The standard InChI is InChI=1S/C11H15ClN2/c1-3-11(13)14(2)8-9-6-4-5-7-10(9)12/h4-7,13H,3,8H2,1-2H3. The predicted molar refractivity (Wildman–Crippen MR) is 60.9 cm³/mol. The number of halogens is 1. The first-order chi connectivity index (χ1) is 6.65. The molecule has 0 aliphatic rings. The summed E-state index contributed by atoms with van der Waals surface area (Å²) in [4.78, 5) is 1.90. The van der Waals surface area contributed by atoms with Crippen LogP contribution in [0.3, 0.4) is 0 Å². The highest BCUT2D eigenvalue weighted by atomic mass is 35.5. The normalized spacial score (nSPS) is 9.93. The van der Waals surface area contributed by atoms with Gasteiger partial charge in [0.2, 0.25) is 0 Å². The molecule has 0 fully saturated rings. The summed E-state index contributed by atoms with van der Waals surface area (Å²) < 4.78 is 0. The van der Waals surface area contributed by atoms with Crippen LogP contribution in [0.1, 0.15) is 18.9 Å². The Bertz CT molecular complexity index is 323. The fraction of sp³-hybridized carbons (Fsp3) is 0.364. The molecule has 1 aromatic carbocycles. The summed E-state index contributed by atoms with van der Waals surface area (Å²) in [6.45, 7) is 2.68. The van der Waals surface area contributed by atoms with Crippen molar-refractivity contribution < 1.29 is 0 Å². The van der Waals surface area contributed by atoms with Gasteiger partial charge in [0, 0.05) is 25.0 Å². The summed E-state index contributed by atoms with van der Waals surface area (Å²) in [6.07, 6.45) is 0.751. The molecule has 0 saturated heterocycles. The molecule has 0 spiro atoms. The van der Waals surface area contributed by atoms with Crippen molar-refractivity contribution in [2.75, 3.05) is 7.05 Å². The van der Waals surface area contributed by atoms with Crippen LogP contribution in [0.2, 0.25) is 5.02 Å². The van der Waals surface area contributed by atoms with Crippen molar-refractivity contribution in [3.63, 3.8) is 0 Å². The van der Waals surface area contributed by atoms with E-state index in [1.165, 1.54) is 0 Å². The van der Waals surface area contributed by atoms with Crippen LogP contribution in [0.15, 0.2) is 24.3 Å². The summed E-state index contributed by atoms with van der Waals surface area (Å²) in [5.41, 5.74) is 1.06. The van der Waals surface area contributed by atoms with Crippen LogP contribution in [0.4, 0.5) is 0 Å². The van der Waals surface area contributed by atoms with Gasteiger partial charge < -0.3 is 4.90 Å². The minimum Gasteiger partial charge on any atom is -0.359 e. The Morgan fingerprint density at radius 1 is 1.43 bits per heavy atom. The highest BCUT2D eigenvalue weighted by molar-refractivity contribution is 6.31. The maximum absolute atomic E-state index is 7.65. The number of benzene rings is 1. The molecular formula is C11H15ClN2. The predicted octanol–water partition coefficient (Wildman–Crippen LogP) is 3.16. The van der Waals surface area contributed by atoms with E-state index in [0.29, 0.717) is 12.4 Å². The average Bonchev–Trinajstić information content (AvgIpc) is 2.20. The Kier molecular flexibility index (Phi) is 3.96. The van der Waals surface area contributed by atoms with Crippen LogP contribution in [0.5, 0.6) is 0 Å². The molecule has 0 aliphatic carbocycles. The highest BCUT2D eigenvalue weighted by Gasteiger charge is 2.05. The van der Waals surface area contributed by atoms with Crippen LogP contribution >= 0.6 is 11.6 Å². The molecular weight excluding hydrogens is 196 g/mol. The van der Waals surface area contributed by atoms with Crippen LogP contribution in [0.25, 0.3) is 0 Å². The minimum atomic E-state index is 0.630. The number of nitrogens with one attached hydrogen (secondary N) is 1. The molecule has 1 aromatic rings. The summed E-state index contributed by atoms with van der Waals surface area (Å²) in [5.74, 6) is 0.630. The third kappa shape index (κ3) is 2.74. The largest absolute Gasteiger partial charge is 0.359 e. The van der Waals surface area contributed by atoms with E-state index >= 15 is 0 Å². The molecule has 1 N–H and O–H groups in total. The molecule has 76 valence electrons. The van der Waals surface area contributed by atoms with E-state index < -0.39 is 0 Å². The molecule has 14 heavy (non-hydrogen) atoms. The van der Waals surface area contributed by atoms with E-state index in [0.717, 1.165) is 17.0 Å². The maximum Gasteiger partial charge on any atom is 0.0955 e. The summed E-state index contributed by atoms with van der Waals surface area (Å²) in [5, 5.41) is 8.41. The molecule has 0 unspecified atom stereocenters. The fourth-order valence-corrected chi connectivity index (χ4v) is 1.44. The van der Waals surface area contributed by atoms with Crippen molar-refractivity contribution in [1.82, 2.24) is 4.90 Å². The molecule has 2 nitrogen and oxygen atoms in total. The van der Waals surface area contributed by atoms with Crippen molar-refractivity contribution in [2.24, 2.45) is 0 Å². The van der Waals surface area contributed by atoms with Gasteiger partial charge in [-0.05, 0) is 11.6 Å². The second-order valence-corrected chi connectivity index (χ2v) is 3.65. The lowest BCUT2D eigenvalue weighted by Gasteiger charge is -2.19. The van der Waals surface area contributed by atoms with Crippen molar-refractivity contribution >= 4 is 17.4 Å². The number of amidine groups is 1. The summed E-state index contributed by atoms with van der Waals surface area (Å²) in [6, 6.07) is 7.74. The van der Waals surface area contributed by atoms with Gasteiger partial charge in [0.05, 0.1) is 5.84 Å². The first-order valence-corrected chi connectivity index (χ1v) is 5.05. The zero-order valence-corrected chi connectivity index (χ0v) is 9.30. The van der Waals surface area contributed by atoms with E-state index in [2.05, 4.69) is 0 Å². The zero-order valence-electron chi connectivity index (χ0n) is 8.55. The van der Waals surface area contributed by atoms with Gasteiger partial charge in [-0.25, -0.2) is 0 Å². The number of nitrogens with zero attached hydrogens (tertiary/aromatic N) is 1. The first-order valence-electron chi connectivity index (χ1n) is 4.67. The van der Waals surface area contributed by atoms with Crippen molar-refractivity contribution in [2.45, 2.75) is 19.9 Å². The van der Waals surface area contributed by atoms with Crippen LogP contribution < -0.4 is 0 Å². The van der Waals surface area contributed by atoms with Gasteiger partial charge in [-0.2, -0.15) is 0 Å². The van der Waals surface area contributed by atoms with Crippen molar-refractivity contribution in [3.8, 4) is 0 Å². The van der Waals surface area contributed by atoms with E-state index in [1.807, 2.05) is 43.1 Å². The van der Waals surface area contributed by atoms with Crippen molar-refractivity contribution in [1.29, 1.82) is 5.41 Å². The van der Waals surface area contributed by atoms with Crippen molar-refractivity contribution in [3.05, 3.63) is 34.9 Å². The Morgan fingerprint density at radius 2 is 2.07 bits per heavy atom. The molecule has 0 heterocycles. The fourth-order valence-electron chi connectivity index (χ4n) is 1.25. The Hall–Kier alpha value is -1.02. The smallest absolute Gasteiger partial charge is 0.0955 e. The third-order valence-electron chi connectivity index (χ3n) is 2.16. The third-order valence-corrected chi connectivity index (χ3v) is 2.53. The van der Waals surface area contributed by atoms with Crippen LogP contribution in [-0.2, 0) is 6.54 Å². The second kappa shape index (κ2) is 5.01.